The molecule has 1 unspecified atom stereocenters. The molecule has 0 radical (unpaired) electrons. The van der Waals surface area contributed by atoms with Gasteiger partial charge in [-0.3, -0.25) is 0 Å². The predicted octanol–water partition coefficient (Wildman–Crippen LogP) is 2.42. The maximum absolute atomic E-state index is 5.58. The molecule has 0 saturated carbocycles. The van der Waals surface area contributed by atoms with E-state index in [-0.39, 0.29) is 0 Å². The molecule has 0 aliphatic heterocycles. The van der Waals surface area contributed by atoms with E-state index in [2.05, 4.69) is 37.9 Å². The number of methoxy groups -OCH3 is 1. The number of nitrogens with two attached hydrogens (primary N) is 1. The second-order valence-corrected chi connectivity index (χ2v) is 5.19. The second kappa shape index (κ2) is 7.39. The maximum atomic E-state index is 5.58. The molecule has 0 aromatic heterocycles. The Bertz CT molecular complexity index is 366. The molecule has 0 amide bonds. The molecule has 2 N–H and O–H groups in total. The van der Waals surface area contributed by atoms with Gasteiger partial charge in [0.05, 0.1) is 7.11 Å². The topological polar surface area (TPSA) is 38.5 Å². The number of rotatable bonds is 7. The van der Waals surface area contributed by atoms with E-state index in [1.807, 2.05) is 6.07 Å². The van der Waals surface area contributed by atoms with Crippen molar-refractivity contribution >= 4 is 0 Å². The van der Waals surface area contributed by atoms with Crippen molar-refractivity contribution in [3.8, 4) is 5.75 Å². The number of benzene rings is 1. The van der Waals surface area contributed by atoms with Crippen LogP contribution in [0.25, 0.3) is 0 Å². The summed E-state index contributed by atoms with van der Waals surface area (Å²) in [6.07, 6.45) is 1.08. The molecule has 0 aliphatic rings. The molecule has 0 bridgehead atoms. The first-order valence-electron chi connectivity index (χ1n) is 6.59. The van der Waals surface area contributed by atoms with E-state index < -0.39 is 0 Å². The van der Waals surface area contributed by atoms with Gasteiger partial charge in [-0.2, -0.15) is 0 Å². The van der Waals surface area contributed by atoms with Gasteiger partial charge in [0.25, 0.3) is 0 Å². The first kappa shape index (κ1) is 15.0. The third-order valence-corrected chi connectivity index (χ3v) is 3.16. The summed E-state index contributed by atoms with van der Waals surface area (Å²) in [5.41, 5.74) is 8.11. The van der Waals surface area contributed by atoms with Crippen LogP contribution in [0.5, 0.6) is 5.75 Å². The average molecular weight is 250 g/mol. The molecular weight excluding hydrogens is 224 g/mol. The fourth-order valence-corrected chi connectivity index (χ4v) is 2.29. The first-order chi connectivity index (χ1) is 8.56. The Morgan fingerprint density at radius 2 is 2.11 bits per heavy atom. The standard InChI is InChI=1S/C15H26N2O/c1-12-5-6-15(18-4)14(9-12)11-17(3)10-13(2)7-8-16/h5-6,9,13H,7-8,10-11,16H2,1-4H3. The van der Waals surface area contributed by atoms with Gasteiger partial charge in [0.1, 0.15) is 5.75 Å². The molecule has 102 valence electrons. The smallest absolute Gasteiger partial charge is 0.123 e. The zero-order valence-corrected chi connectivity index (χ0v) is 12.1. The minimum atomic E-state index is 0.635. The molecule has 18 heavy (non-hydrogen) atoms. The highest BCUT2D eigenvalue weighted by atomic mass is 16.5. The second-order valence-electron chi connectivity index (χ2n) is 5.19. The first-order valence-corrected chi connectivity index (χ1v) is 6.59. The molecule has 0 spiro atoms. The Morgan fingerprint density at radius 1 is 1.39 bits per heavy atom. The van der Waals surface area contributed by atoms with Crippen LogP contribution in [0.1, 0.15) is 24.5 Å². The Balaban J connectivity index is 2.63. The van der Waals surface area contributed by atoms with Crippen molar-refractivity contribution in [1.82, 2.24) is 4.90 Å². The van der Waals surface area contributed by atoms with Gasteiger partial charge in [0.15, 0.2) is 0 Å². The minimum Gasteiger partial charge on any atom is -0.496 e. The molecule has 1 atom stereocenters. The number of aryl methyl sites for hydroxylation is 1. The van der Waals surface area contributed by atoms with Gasteiger partial charge < -0.3 is 15.4 Å². The lowest BCUT2D eigenvalue weighted by Gasteiger charge is -2.22. The van der Waals surface area contributed by atoms with Crippen LogP contribution in [0.15, 0.2) is 18.2 Å². The predicted molar refractivity (Wildman–Crippen MR) is 76.9 cm³/mol. The molecular formula is C15H26N2O. The van der Waals surface area contributed by atoms with Crippen LogP contribution in [0, 0.1) is 12.8 Å². The van der Waals surface area contributed by atoms with Crippen LogP contribution >= 0.6 is 0 Å². The van der Waals surface area contributed by atoms with Crippen molar-refractivity contribution in [3.63, 3.8) is 0 Å². The van der Waals surface area contributed by atoms with Crippen LogP contribution < -0.4 is 10.5 Å². The third-order valence-electron chi connectivity index (χ3n) is 3.16. The van der Waals surface area contributed by atoms with Gasteiger partial charge in [-0.15, -0.1) is 0 Å². The third kappa shape index (κ3) is 4.67. The fraction of sp³-hybridized carbons (Fsp3) is 0.600. The van der Waals surface area contributed by atoms with E-state index in [0.29, 0.717) is 5.92 Å². The van der Waals surface area contributed by atoms with E-state index >= 15 is 0 Å². The molecule has 0 saturated heterocycles. The minimum absolute atomic E-state index is 0.635. The van der Waals surface area contributed by atoms with Crippen LogP contribution in [0.4, 0.5) is 0 Å². The summed E-state index contributed by atoms with van der Waals surface area (Å²) in [5.74, 6) is 1.61. The summed E-state index contributed by atoms with van der Waals surface area (Å²) in [6, 6.07) is 6.32. The van der Waals surface area contributed by atoms with Crippen molar-refractivity contribution in [3.05, 3.63) is 29.3 Å². The highest BCUT2D eigenvalue weighted by Crippen LogP contribution is 2.21. The molecule has 0 aliphatic carbocycles. The Labute approximate surface area is 111 Å². The molecule has 1 aromatic carbocycles. The number of hydrogen-bond donors (Lipinski definition) is 1. The van der Waals surface area contributed by atoms with Crippen molar-refractivity contribution in [2.45, 2.75) is 26.8 Å². The highest BCUT2D eigenvalue weighted by Gasteiger charge is 2.09. The van der Waals surface area contributed by atoms with Crippen LogP contribution in [0.2, 0.25) is 0 Å². The lowest BCUT2D eigenvalue weighted by molar-refractivity contribution is 0.268. The molecule has 0 heterocycles. The summed E-state index contributed by atoms with van der Waals surface area (Å²) < 4.78 is 5.41. The van der Waals surface area contributed by atoms with Crippen molar-refractivity contribution in [2.75, 3.05) is 27.2 Å². The lowest BCUT2D eigenvalue weighted by Crippen LogP contribution is -2.25. The average Bonchev–Trinajstić information content (AvgIpc) is 2.29. The van der Waals surface area contributed by atoms with E-state index in [4.69, 9.17) is 10.5 Å². The zero-order chi connectivity index (χ0) is 13.5. The monoisotopic (exact) mass is 250 g/mol. The van der Waals surface area contributed by atoms with E-state index in [1.54, 1.807) is 7.11 Å². The number of nitrogens with zero attached hydrogens (tertiary/aromatic N) is 1. The normalized spacial score (nSPS) is 12.8. The molecule has 1 rings (SSSR count). The molecule has 3 nitrogen and oxygen atoms in total. The Kier molecular flexibility index (Phi) is 6.16. The van der Waals surface area contributed by atoms with E-state index in [1.165, 1.54) is 11.1 Å². The lowest BCUT2D eigenvalue weighted by atomic mass is 10.1. The van der Waals surface area contributed by atoms with Gasteiger partial charge in [-0.25, -0.2) is 0 Å². The Morgan fingerprint density at radius 3 is 2.72 bits per heavy atom. The van der Waals surface area contributed by atoms with Gasteiger partial charge in [0, 0.05) is 18.7 Å². The number of ether oxygens (including phenoxy) is 1. The van der Waals surface area contributed by atoms with Crippen LogP contribution in [-0.2, 0) is 6.54 Å². The Hall–Kier alpha value is -1.06. The number of hydrogen-bond acceptors (Lipinski definition) is 3. The molecule has 3 heteroatoms. The van der Waals surface area contributed by atoms with Gasteiger partial charge >= 0.3 is 0 Å². The maximum Gasteiger partial charge on any atom is 0.123 e. The van der Waals surface area contributed by atoms with E-state index in [0.717, 1.165) is 31.8 Å². The fourth-order valence-electron chi connectivity index (χ4n) is 2.29. The van der Waals surface area contributed by atoms with Gasteiger partial charge in [0.2, 0.25) is 0 Å². The van der Waals surface area contributed by atoms with Crippen molar-refractivity contribution in [2.24, 2.45) is 11.7 Å². The summed E-state index contributed by atoms with van der Waals surface area (Å²) in [5, 5.41) is 0. The summed E-state index contributed by atoms with van der Waals surface area (Å²) >= 11 is 0. The van der Waals surface area contributed by atoms with E-state index in [9.17, 15) is 0 Å². The summed E-state index contributed by atoms with van der Waals surface area (Å²) in [7, 11) is 3.88. The summed E-state index contributed by atoms with van der Waals surface area (Å²) in [4.78, 5) is 2.33. The van der Waals surface area contributed by atoms with Crippen molar-refractivity contribution < 1.29 is 4.74 Å². The molecule has 1 aromatic rings. The van der Waals surface area contributed by atoms with Crippen LogP contribution in [-0.4, -0.2) is 32.1 Å². The largest absolute Gasteiger partial charge is 0.496 e. The quantitative estimate of drug-likeness (QED) is 0.807. The summed E-state index contributed by atoms with van der Waals surface area (Å²) in [6.45, 7) is 7.10. The van der Waals surface area contributed by atoms with Crippen LogP contribution in [0.3, 0.4) is 0 Å². The zero-order valence-electron chi connectivity index (χ0n) is 12.1. The SMILES string of the molecule is COc1ccc(C)cc1CN(C)CC(C)CCN. The van der Waals surface area contributed by atoms with Gasteiger partial charge in [-0.05, 0) is 38.9 Å². The van der Waals surface area contributed by atoms with Crippen molar-refractivity contribution in [1.29, 1.82) is 0 Å². The van der Waals surface area contributed by atoms with Gasteiger partial charge in [-0.1, -0.05) is 24.6 Å². The highest BCUT2D eigenvalue weighted by molar-refractivity contribution is 5.36. The molecule has 0 fully saturated rings.